The Labute approximate surface area is 200 Å². The zero-order chi connectivity index (χ0) is 24.3. The van der Waals surface area contributed by atoms with Crippen LogP contribution in [0.3, 0.4) is 0 Å². The molecule has 0 aliphatic heterocycles. The minimum atomic E-state index is -0.361. The fourth-order valence-corrected chi connectivity index (χ4v) is 3.80. The van der Waals surface area contributed by atoms with E-state index in [9.17, 15) is 14.9 Å². The molecule has 1 fully saturated rings. The van der Waals surface area contributed by atoms with Crippen molar-refractivity contribution < 1.29 is 19.1 Å². The van der Waals surface area contributed by atoms with Crippen LogP contribution in [0.4, 0.5) is 5.69 Å². The number of nitriles is 1. The zero-order valence-corrected chi connectivity index (χ0v) is 19.7. The first-order chi connectivity index (χ1) is 16.5. The first-order valence-electron chi connectivity index (χ1n) is 11.7. The van der Waals surface area contributed by atoms with E-state index in [1.807, 2.05) is 44.2 Å². The largest absolute Gasteiger partial charge is 0.490 e. The summed E-state index contributed by atoms with van der Waals surface area (Å²) in [5, 5.41) is 15.3. The Bertz CT molecular complexity index is 1060. The van der Waals surface area contributed by atoms with Crippen LogP contribution in [-0.2, 0) is 9.59 Å². The number of aryl methyl sites for hydroxylation is 1. The molecular formula is C27H31N3O4. The molecule has 34 heavy (non-hydrogen) atoms. The van der Waals surface area contributed by atoms with Crippen molar-refractivity contribution in [1.82, 2.24) is 5.32 Å². The van der Waals surface area contributed by atoms with Crippen molar-refractivity contribution in [3.63, 3.8) is 0 Å². The molecule has 1 saturated carbocycles. The van der Waals surface area contributed by atoms with Gasteiger partial charge in [-0.2, -0.15) is 5.26 Å². The summed E-state index contributed by atoms with van der Waals surface area (Å²) in [4.78, 5) is 24.8. The summed E-state index contributed by atoms with van der Waals surface area (Å²) in [5.41, 5.74) is 2.48. The number of nitrogens with one attached hydrogen (secondary N) is 2. The van der Waals surface area contributed by atoms with E-state index in [0.717, 1.165) is 31.2 Å². The number of rotatable bonds is 9. The van der Waals surface area contributed by atoms with Crippen LogP contribution in [0.2, 0.25) is 0 Å². The molecule has 7 heteroatoms. The van der Waals surface area contributed by atoms with Crippen molar-refractivity contribution in [3.05, 3.63) is 59.2 Å². The summed E-state index contributed by atoms with van der Waals surface area (Å²) in [6.07, 6.45) is 6.81. The Kier molecular flexibility index (Phi) is 9.10. The van der Waals surface area contributed by atoms with Crippen molar-refractivity contribution in [2.75, 3.05) is 18.5 Å². The van der Waals surface area contributed by atoms with Gasteiger partial charge in [-0.1, -0.05) is 43.0 Å². The van der Waals surface area contributed by atoms with Gasteiger partial charge in [-0.25, -0.2) is 0 Å². The molecule has 2 N–H and O–H groups in total. The van der Waals surface area contributed by atoms with Gasteiger partial charge in [-0.15, -0.1) is 0 Å². The van der Waals surface area contributed by atoms with Gasteiger partial charge in [-0.3, -0.25) is 9.59 Å². The van der Waals surface area contributed by atoms with E-state index >= 15 is 0 Å². The molecule has 0 atom stereocenters. The first kappa shape index (κ1) is 24.8. The molecule has 2 aromatic carbocycles. The summed E-state index contributed by atoms with van der Waals surface area (Å²) in [6.45, 7) is 4.03. The molecule has 1 aliphatic rings. The van der Waals surface area contributed by atoms with Crippen molar-refractivity contribution >= 4 is 23.6 Å². The quantitative estimate of drug-likeness (QED) is 0.414. The minimum Gasteiger partial charge on any atom is -0.490 e. The highest BCUT2D eigenvalue weighted by Crippen LogP contribution is 2.29. The molecule has 0 bridgehead atoms. The van der Waals surface area contributed by atoms with Crippen molar-refractivity contribution in [1.29, 1.82) is 5.26 Å². The van der Waals surface area contributed by atoms with Crippen LogP contribution in [0.15, 0.2) is 48.0 Å². The van der Waals surface area contributed by atoms with Crippen molar-refractivity contribution in [2.24, 2.45) is 0 Å². The molecule has 0 unspecified atom stereocenters. The van der Waals surface area contributed by atoms with Crippen LogP contribution < -0.4 is 20.1 Å². The standard InChI is InChI=1S/C27H31N3O4/c1-3-33-25-16-20(15-21(17-28)27(32)30-22-7-5-4-6-8-22)11-14-24(25)34-18-26(31)29-23-12-9-19(2)10-13-23/h9-16,22H,3-8,18H2,1-2H3,(H,29,31)(H,30,32)/b21-15-. The average Bonchev–Trinajstić information content (AvgIpc) is 2.84. The topological polar surface area (TPSA) is 100 Å². The number of carbonyl (C=O) groups excluding carboxylic acids is 2. The minimum absolute atomic E-state index is 0.0409. The number of anilines is 1. The summed E-state index contributed by atoms with van der Waals surface area (Å²) in [5.74, 6) is 0.189. The monoisotopic (exact) mass is 461 g/mol. The number of hydrogen-bond acceptors (Lipinski definition) is 5. The lowest BCUT2D eigenvalue weighted by Crippen LogP contribution is -2.36. The van der Waals surface area contributed by atoms with E-state index in [1.165, 1.54) is 12.5 Å². The molecule has 0 spiro atoms. The van der Waals surface area contributed by atoms with Gasteiger partial charge >= 0.3 is 0 Å². The molecule has 0 radical (unpaired) electrons. The second-order valence-electron chi connectivity index (χ2n) is 8.32. The maximum absolute atomic E-state index is 12.6. The lowest BCUT2D eigenvalue weighted by molar-refractivity contribution is -0.118. The third-order valence-electron chi connectivity index (χ3n) is 5.58. The highest BCUT2D eigenvalue weighted by molar-refractivity contribution is 6.01. The van der Waals surface area contributed by atoms with Crippen LogP contribution in [0.1, 0.15) is 50.2 Å². The SMILES string of the molecule is CCOc1cc(/C=C(/C#N)C(=O)NC2CCCCC2)ccc1OCC(=O)Nc1ccc(C)cc1. The Morgan fingerprint density at radius 2 is 1.79 bits per heavy atom. The molecule has 2 amide bonds. The third kappa shape index (κ3) is 7.38. The van der Waals surface area contributed by atoms with Crippen LogP contribution in [0.5, 0.6) is 11.5 Å². The Morgan fingerprint density at radius 1 is 1.06 bits per heavy atom. The summed E-state index contributed by atoms with van der Waals surface area (Å²) < 4.78 is 11.3. The fraction of sp³-hybridized carbons (Fsp3) is 0.370. The first-order valence-corrected chi connectivity index (χ1v) is 11.7. The predicted octanol–water partition coefficient (Wildman–Crippen LogP) is 4.77. The highest BCUT2D eigenvalue weighted by Gasteiger charge is 2.18. The maximum Gasteiger partial charge on any atom is 0.262 e. The summed E-state index contributed by atoms with van der Waals surface area (Å²) in [7, 11) is 0. The predicted molar refractivity (Wildman–Crippen MR) is 132 cm³/mol. The van der Waals surface area contributed by atoms with E-state index in [1.54, 1.807) is 18.2 Å². The van der Waals surface area contributed by atoms with Gasteiger partial charge < -0.3 is 20.1 Å². The number of hydrogen-bond donors (Lipinski definition) is 2. The molecule has 0 saturated heterocycles. The van der Waals surface area contributed by atoms with Gasteiger partial charge in [0.25, 0.3) is 11.8 Å². The van der Waals surface area contributed by atoms with E-state index in [-0.39, 0.29) is 30.0 Å². The highest BCUT2D eigenvalue weighted by atomic mass is 16.5. The normalized spacial score (nSPS) is 14.1. The van der Waals surface area contributed by atoms with Gasteiger partial charge in [0.15, 0.2) is 18.1 Å². The zero-order valence-electron chi connectivity index (χ0n) is 19.7. The average molecular weight is 462 g/mol. The molecule has 0 heterocycles. The Morgan fingerprint density at radius 3 is 2.47 bits per heavy atom. The number of benzene rings is 2. The lowest BCUT2D eigenvalue weighted by atomic mass is 9.95. The van der Waals surface area contributed by atoms with Crippen molar-refractivity contribution in [2.45, 2.75) is 52.0 Å². The second-order valence-corrected chi connectivity index (χ2v) is 8.32. The van der Waals surface area contributed by atoms with E-state index in [0.29, 0.717) is 29.4 Å². The van der Waals surface area contributed by atoms with E-state index < -0.39 is 0 Å². The van der Waals surface area contributed by atoms with Gasteiger partial charge in [0.2, 0.25) is 0 Å². The molecule has 1 aliphatic carbocycles. The van der Waals surface area contributed by atoms with Crippen LogP contribution in [0.25, 0.3) is 6.08 Å². The van der Waals surface area contributed by atoms with Crippen LogP contribution in [0, 0.1) is 18.3 Å². The smallest absolute Gasteiger partial charge is 0.262 e. The molecule has 3 rings (SSSR count). The second kappa shape index (κ2) is 12.4. The molecular weight excluding hydrogens is 430 g/mol. The van der Waals surface area contributed by atoms with Crippen molar-refractivity contribution in [3.8, 4) is 17.6 Å². The van der Waals surface area contributed by atoms with E-state index in [2.05, 4.69) is 10.6 Å². The lowest BCUT2D eigenvalue weighted by Gasteiger charge is -2.22. The summed E-state index contributed by atoms with van der Waals surface area (Å²) in [6, 6.07) is 14.7. The number of carbonyl (C=O) groups is 2. The van der Waals surface area contributed by atoms with E-state index in [4.69, 9.17) is 9.47 Å². The Balaban J connectivity index is 1.66. The fourth-order valence-electron chi connectivity index (χ4n) is 3.80. The molecule has 0 aromatic heterocycles. The van der Waals surface area contributed by atoms with Gasteiger partial charge in [0.05, 0.1) is 6.61 Å². The Hall–Kier alpha value is -3.79. The van der Waals surface area contributed by atoms with Gasteiger partial charge in [0.1, 0.15) is 11.6 Å². The number of amides is 2. The summed E-state index contributed by atoms with van der Waals surface area (Å²) >= 11 is 0. The van der Waals surface area contributed by atoms with Gasteiger partial charge in [-0.05, 0) is 62.6 Å². The van der Waals surface area contributed by atoms with Crippen LogP contribution in [-0.4, -0.2) is 31.1 Å². The molecule has 2 aromatic rings. The van der Waals surface area contributed by atoms with Gasteiger partial charge in [0, 0.05) is 11.7 Å². The number of ether oxygens (including phenoxy) is 2. The molecule has 178 valence electrons. The maximum atomic E-state index is 12.6. The van der Waals surface area contributed by atoms with Crippen LogP contribution >= 0.6 is 0 Å². The third-order valence-corrected chi connectivity index (χ3v) is 5.58. The number of nitrogens with zero attached hydrogens (tertiary/aromatic N) is 1. The molecule has 7 nitrogen and oxygen atoms in total.